The van der Waals surface area contributed by atoms with E-state index in [1.165, 1.54) is 19.2 Å². The van der Waals surface area contributed by atoms with Gasteiger partial charge in [-0.2, -0.15) is 0 Å². The monoisotopic (exact) mass is 307 g/mol. The van der Waals surface area contributed by atoms with Crippen LogP contribution in [0.3, 0.4) is 0 Å². The molecular weight excluding hydrogens is 294 g/mol. The Morgan fingerprint density at radius 3 is 2.57 bits per heavy atom. The molecule has 0 saturated heterocycles. The first-order chi connectivity index (χ1) is 10.0. The molecule has 0 amide bonds. The summed E-state index contributed by atoms with van der Waals surface area (Å²) in [5, 5.41) is 22.4. The fourth-order valence-corrected chi connectivity index (χ4v) is 2.10. The lowest BCUT2D eigenvalue weighted by molar-refractivity contribution is -0.138. The van der Waals surface area contributed by atoms with Gasteiger partial charge in [-0.25, -0.2) is 4.79 Å². The number of phenols is 1. The Hall–Kier alpha value is -2.40. The Bertz CT molecular complexity index is 660. The molecule has 21 heavy (non-hydrogen) atoms. The molecule has 0 aliphatic rings. The Morgan fingerprint density at radius 2 is 2.00 bits per heavy atom. The second-order valence-corrected chi connectivity index (χ2v) is 4.73. The number of aromatic hydroxyl groups is 1. The van der Waals surface area contributed by atoms with E-state index in [0.717, 1.165) is 0 Å². The summed E-state index contributed by atoms with van der Waals surface area (Å²) in [6.45, 7) is 0. The molecule has 0 bridgehead atoms. The highest BCUT2D eigenvalue weighted by Crippen LogP contribution is 2.31. The van der Waals surface area contributed by atoms with E-state index in [4.69, 9.17) is 16.3 Å². The van der Waals surface area contributed by atoms with Gasteiger partial charge in [0, 0.05) is 0 Å². The standard InChI is InChI=1S/C15H14ClNO4/c1-21-13-7-6-9(8-12(13)18)14(15(19)20)17-11-5-3-2-4-10(11)16/h2-8,14,17-18H,1H3,(H,19,20). The molecule has 1 unspecified atom stereocenters. The number of hydrogen-bond donors (Lipinski definition) is 3. The number of carboxylic acids is 1. The minimum atomic E-state index is -1.08. The molecule has 0 fully saturated rings. The fourth-order valence-electron chi connectivity index (χ4n) is 1.91. The van der Waals surface area contributed by atoms with Crippen LogP contribution >= 0.6 is 11.6 Å². The smallest absolute Gasteiger partial charge is 0.330 e. The molecule has 1 atom stereocenters. The zero-order valence-electron chi connectivity index (χ0n) is 11.2. The normalized spacial score (nSPS) is 11.7. The zero-order chi connectivity index (χ0) is 15.4. The van der Waals surface area contributed by atoms with Crippen molar-refractivity contribution >= 4 is 23.3 Å². The topological polar surface area (TPSA) is 78.8 Å². The summed E-state index contributed by atoms with van der Waals surface area (Å²) in [7, 11) is 1.42. The van der Waals surface area contributed by atoms with Crippen molar-refractivity contribution in [1.29, 1.82) is 0 Å². The number of nitrogens with one attached hydrogen (secondary N) is 1. The van der Waals surface area contributed by atoms with E-state index in [1.54, 1.807) is 30.3 Å². The Labute approximate surface area is 126 Å². The highest BCUT2D eigenvalue weighted by Gasteiger charge is 2.21. The minimum absolute atomic E-state index is 0.123. The molecule has 0 heterocycles. The van der Waals surface area contributed by atoms with Gasteiger partial charge < -0.3 is 20.3 Å². The van der Waals surface area contributed by atoms with Crippen molar-refractivity contribution in [3.05, 3.63) is 53.1 Å². The van der Waals surface area contributed by atoms with Gasteiger partial charge in [-0.15, -0.1) is 0 Å². The maximum atomic E-state index is 11.5. The molecule has 2 aromatic carbocycles. The van der Waals surface area contributed by atoms with E-state index in [2.05, 4.69) is 5.32 Å². The lowest BCUT2D eigenvalue weighted by Crippen LogP contribution is -2.20. The van der Waals surface area contributed by atoms with Crippen LogP contribution in [-0.4, -0.2) is 23.3 Å². The van der Waals surface area contributed by atoms with Gasteiger partial charge in [0.2, 0.25) is 0 Å². The second-order valence-electron chi connectivity index (χ2n) is 4.33. The van der Waals surface area contributed by atoms with E-state index < -0.39 is 12.0 Å². The van der Waals surface area contributed by atoms with Gasteiger partial charge in [0.1, 0.15) is 0 Å². The first-order valence-corrected chi connectivity index (χ1v) is 6.51. The van der Waals surface area contributed by atoms with Gasteiger partial charge in [0.15, 0.2) is 17.5 Å². The van der Waals surface area contributed by atoms with Crippen molar-refractivity contribution in [2.24, 2.45) is 0 Å². The quantitative estimate of drug-likeness (QED) is 0.790. The Morgan fingerprint density at radius 1 is 1.29 bits per heavy atom. The summed E-state index contributed by atoms with van der Waals surface area (Å²) in [6.07, 6.45) is 0. The number of para-hydroxylation sites is 1. The summed E-state index contributed by atoms with van der Waals surface area (Å²) in [5.74, 6) is -0.928. The van der Waals surface area contributed by atoms with Gasteiger partial charge in [-0.1, -0.05) is 29.8 Å². The molecule has 0 saturated carbocycles. The third-order valence-corrected chi connectivity index (χ3v) is 3.29. The number of benzene rings is 2. The summed E-state index contributed by atoms with van der Waals surface area (Å²) in [5.41, 5.74) is 0.891. The Balaban J connectivity index is 2.34. The third-order valence-electron chi connectivity index (χ3n) is 2.96. The summed E-state index contributed by atoms with van der Waals surface area (Å²) in [6, 6.07) is 10.2. The van der Waals surface area contributed by atoms with Crippen LogP contribution in [0, 0.1) is 0 Å². The van der Waals surface area contributed by atoms with Crippen LogP contribution in [0.4, 0.5) is 5.69 Å². The van der Waals surface area contributed by atoms with E-state index >= 15 is 0 Å². The molecule has 5 nitrogen and oxygen atoms in total. The zero-order valence-corrected chi connectivity index (χ0v) is 12.0. The second kappa shape index (κ2) is 6.37. The highest BCUT2D eigenvalue weighted by atomic mass is 35.5. The minimum Gasteiger partial charge on any atom is -0.504 e. The molecule has 0 radical (unpaired) electrons. The van der Waals surface area contributed by atoms with Gasteiger partial charge in [0.05, 0.1) is 17.8 Å². The number of phenolic OH excluding ortho intramolecular Hbond substituents is 1. The summed E-state index contributed by atoms with van der Waals surface area (Å²) in [4.78, 5) is 11.5. The number of hydrogen-bond acceptors (Lipinski definition) is 4. The van der Waals surface area contributed by atoms with Gasteiger partial charge >= 0.3 is 5.97 Å². The van der Waals surface area contributed by atoms with E-state index in [1.807, 2.05) is 0 Å². The van der Waals surface area contributed by atoms with Crippen molar-refractivity contribution in [2.45, 2.75) is 6.04 Å². The molecule has 0 aromatic heterocycles. The van der Waals surface area contributed by atoms with Crippen molar-refractivity contribution in [2.75, 3.05) is 12.4 Å². The average molecular weight is 308 g/mol. The van der Waals surface area contributed by atoms with Crippen LogP contribution in [0.1, 0.15) is 11.6 Å². The third kappa shape index (κ3) is 3.38. The predicted octanol–water partition coefficient (Wildman–Crippen LogP) is 3.29. The van der Waals surface area contributed by atoms with Crippen molar-refractivity contribution in [1.82, 2.24) is 0 Å². The van der Waals surface area contributed by atoms with E-state index in [9.17, 15) is 15.0 Å². The maximum absolute atomic E-state index is 11.5. The number of methoxy groups -OCH3 is 1. The van der Waals surface area contributed by atoms with Crippen LogP contribution < -0.4 is 10.1 Å². The van der Waals surface area contributed by atoms with Crippen LogP contribution in [0.5, 0.6) is 11.5 Å². The first-order valence-electron chi connectivity index (χ1n) is 6.13. The number of halogens is 1. The Kier molecular flexibility index (Phi) is 4.55. The largest absolute Gasteiger partial charge is 0.504 e. The number of carbonyl (C=O) groups is 1. The van der Waals surface area contributed by atoms with Crippen molar-refractivity contribution in [3.63, 3.8) is 0 Å². The van der Waals surface area contributed by atoms with Gasteiger partial charge in [-0.05, 0) is 29.8 Å². The molecule has 6 heteroatoms. The molecule has 0 spiro atoms. The summed E-state index contributed by atoms with van der Waals surface area (Å²) < 4.78 is 4.94. The van der Waals surface area contributed by atoms with Crippen LogP contribution in [0.15, 0.2) is 42.5 Å². The highest BCUT2D eigenvalue weighted by molar-refractivity contribution is 6.33. The average Bonchev–Trinajstić information content (AvgIpc) is 2.46. The fraction of sp³-hybridized carbons (Fsp3) is 0.133. The molecule has 0 aliphatic carbocycles. The number of rotatable bonds is 5. The van der Waals surface area contributed by atoms with Crippen molar-refractivity contribution in [3.8, 4) is 11.5 Å². The van der Waals surface area contributed by atoms with Crippen LogP contribution in [0.25, 0.3) is 0 Å². The predicted molar refractivity (Wildman–Crippen MR) is 80.1 cm³/mol. The van der Waals surface area contributed by atoms with Crippen molar-refractivity contribution < 1.29 is 19.7 Å². The van der Waals surface area contributed by atoms with Crippen LogP contribution in [0.2, 0.25) is 5.02 Å². The van der Waals surface area contributed by atoms with Gasteiger partial charge in [0.25, 0.3) is 0 Å². The summed E-state index contributed by atoms with van der Waals surface area (Å²) >= 11 is 6.01. The van der Waals surface area contributed by atoms with Crippen LogP contribution in [-0.2, 0) is 4.79 Å². The SMILES string of the molecule is COc1ccc(C(Nc2ccccc2Cl)C(=O)O)cc1O. The van der Waals surface area contributed by atoms with Gasteiger partial charge in [-0.3, -0.25) is 0 Å². The lowest BCUT2D eigenvalue weighted by Gasteiger charge is -2.18. The molecule has 2 rings (SSSR count). The first kappa shape index (κ1) is 15.0. The number of aliphatic carboxylic acids is 1. The number of anilines is 1. The molecule has 0 aliphatic heterocycles. The van der Waals surface area contributed by atoms with E-state index in [0.29, 0.717) is 16.3 Å². The van der Waals surface area contributed by atoms with E-state index in [-0.39, 0.29) is 11.5 Å². The molecule has 110 valence electrons. The molecular formula is C15H14ClNO4. The number of carboxylic acid groups (broad SMARTS) is 1. The lowest BCUT2D eigenvalue weighted by atomic mass is 10.1. The molecule has 3 N–H and O–H groups in total. The number of ether oxygens (including phenoxy) is 1. The molecule has 2 aromatic rings. The maximum Gasteiger partial charge on any atom is 0.330 e.